The predicted molar refractivity (Wildman–Crippen MR) is 52.0 cm³/mol. The maximum Gasteiger partial charge on any atom is 0.408 e. The van der Waals surface area contributed by atoms with Crippen LogP contribution in [0, 0.1) is 11.3 Å². The standard InChI is InChI=1S/C9H16N2O4/c1-8(2,3)15-9(4,11-7(12)13)14-6-5-10/h11H,6H2,1-4H3,(H,12,13). The van der Waals surface area contributed by atoms with Crippen LogP contribution in [0.1, 0.15) is 27.7 Å². The molecule has 0 aromatic rings. The van der Waals surface area contributed by atoms with Gasteiger partial charge < -0.3 is 14.6 Å². The van der Waals surface area contributed by atoms with Crippen LogP contribution in [0.4, 0.5) is 4.79 Å². The lowest BCUT2D eigenvalue weighted by Gasteiger charge is -2.35. The highest BCUT2D eigenvalue weighted by atomic mass is 16.7. The van der Waals surface area contributed by atoms with E-state index in [1.54, 1.807) is 26.8 Å². The van der Waals surface area contributed by atoms with Crippen molar-refractivity contribution in [1.29, 1.82) is 5.26 Å². The summed E-state index contributed by atoms with van der Waals surface area (Å²) in [6.45, 7) is 6.41. The maximum atomic E-state index is 10.5. The lowest BCUT2D eigenvalue weighted by atomic mass is 10.2. The molecule has 15 heavy (non-hydrogen) atoms. The molecule has 0 aromatic carbocycles. The molecule has 0 heterocycles. The first-order valence-corrected chi connectivity index (χ1v) is 4.41. The molecule has 0 aliphatic heterocycles. The van der Waals surface area contributed by atoms with Crippen LogP contribution in [-0.2, 0) is 9.47 Å². The Kier molecular flexibility index (Phi) is 4.52. The van der Waals surface area contributed by atoms with E-state index in [1.807, 2.05) is 0 Å². The van der Waals surface area contributed by atoms with Crippen LogP contribution >= 0.6 is 0 Å². The highest BCUT2D eigenvalue weighted by Crippen LogP contribution is 2.18. The van der Waals surface area contributed by atoms with Gasteiger partial charge in [-0.2, -0.15) is 5.26 Å². The Balaban J connectivity index is 4.55. The molecule has 0 bridgehead atoms. The third-order valence-corrected chi connectivity index (χ3v) is 1.25. The fourth-order valence-electron chi connectivity index (χ4n) is 1.04. The number of rotatable bonds is 4. The molecule has 0 saturated heterocycles. The Morgan fingerprint density at radius 3 is 2.33 bits per heavy atom. The molecule has 0 aromatic heterocycles. The number of hydrogen-bond acceptors (Lipinski definition) is 4. The van der Waals surface area contributed by atoms with Gasteiger partial charge in [0.15, 0.2) is 0 Å². The lowest BCUT2D eigenvalue weighted by Crippen LogP contribution is -2.53. The molecule has 2 N–H and O–H groups in total. The van der Waals surface area contributed by atoms with Crippen LogP contribution in [-0.4, -0.2) is 29.3 Å². The molecule has 0 radical (unpaired) electrons. The summed E-state index contributed by atoms with van der Waals surface area (Å²) in [7, 11) is 0. The Morgan fingerprint density at radius 2 is 2.00 bits per heavy atom. The molecular weight excluding hydrogens is 200 g/mol. The molecule has 0 spiro atoms. The van der Waals surface area contributed by atoms with Gasteiger partial charge in [-0.15, -0.1) is 0 Å². The van der Waals surface area contributed by atoms with Gasteiger partial charge in [-0.1, -0.05) is 0 Å². The van der Waals surface area contributed by atoms with E-state index in [2.05, 4.69) is 5.32 Å². The molecule has 1 amide bonds. The fourth-order valence-corrected chi connectivity index (χ4v) is 1.04. The third-order valence-electron chi connectivity index (χ3n) is 1.25. The summed E-state index contributed by atoms with van der Waals surface area (Å²) in [4.78, 5) is 10.5. The van der Waals surface area contributed by atoms with E-state index in [-0.39, 0.29) is 6.61 Å². The van der Waals surface area contributed by atoms with Crippen molar-refractivity contribution >= 4 is 6.09 Å². The minimum atomic E-state index is -1.51. The van der Waals surface area contributed by atoms with Crippen LogP contribution in [0.5, 0.6) is 0 Å². The number of carbonyl (C=O) groups is 1. The zero-order valence-corrected chi connectivity index (χ0v) is 9.33. The first kappa shape index (κ1) is 13.7. The van der Waals surface area contributed by atoms with Crippen molar-refractivity contribution in [3.05, 3.63) is 0 Å². The van der Waals surface area contributed by atoms with Crippen LogP contribution in [0.3, 0.4) is 0 Å². The molecule has 0 aliphatic rings. The highest BCUT2D eigenvalue weighted by molar-refractivity contribution is 5.64. The number of hydrogen-bond donors (Lipinski definition) is 2. The molecule has 1 atom stereocenters. The van der Waals surface area contributed by atoms with Crippen molar-refractivity contribution in [2.24, 2.45) is 0 Å². The summed E-state index contributed by atoms with van der Waals surface area (Å²) in [6, 6.07) is 1.75. The van der Waals surface area contributed by atoms with E-state index in [4.69, 9.17) is 19.8 Å². The minimum Gasteiger partial charge on any atom is -0.465 e. The largest absolute Gasteiger partial charge is 0.465 e. The molecule has 6 nitrogen and oxygen atoms in total. The summed E-state index contributed by atoms with van der Waals surface area (Å²) in [6.07, 6.45) is -1.28. The Labute approximate surface area is 88.8 Å². The van der Waals surface area contributed by atoms with Gasteiger partial charge in [0.25, 0.3) is 5.91 Å². The van der Waals surface area contributed by atoms with Crippen LogP contribution < -0.4 is 5.32 Å². The maximum absolute atomic E-state index is 10.5. The number of ether oxygens (including phenoxy) is 2. The van der Waals surface area contributed by atoms with Gasteiger partial charge in [0.05, 0.1) is 11.7 Å². The van der Waals surface area contributed by atoms with E-state index in [0.717, 1.165) is 0 Å². The average molecular weight is 216 g/mol. The Morgan fingerprint density at radius 1 is 1.47 bits per heavy atom. The van der Waals surface area contributed by atoms with E-state index >= 15 is 0 Å². The summed E-state index contributed by atoms with van der Waals surface area (Å²) in [5.74, 6) is -1.51. The van der Waals surface area contributed by atoms with Crippen molar-refractivity contribution in [2.45, 2.75) is 39.2 Å². The van der Waals surface area contributed by atoms with Gasteiger partial charge in [0.1, 0.15) is 6.61 Å². The van der Waals surface area contributed by atoms with Crippen molar-refractivity contribution in [3.8, 4) is 6.07 Å². The monoisotopic (exact) mass is 216 g/mol. The number of nitriles is 1. The van der Waals surface area contributed by atoms with Crippen LogP contribution in [0.2, 0.25) is 0 Å². The second kappa shape index (κ2) is 4.96. The molecule has 0 fully saturated rings. The Bertz CT molecular complexity index is 266. The van der Waals surface area contributed by atoms with Gasteiger partial charge in [-0.05, 0) is 20.8 Å². The van der Waals surface area contributed by atoms with Gasteiger partial charge in [0.2, 0.25) is 0 Å². The molecule has 0 saturated carbocycles. The molecule has 1 unspecified atom stereocenters. The molecule has 0 aliphatic carbocycles. The molecule has 86 valence electrons. The topological polar surface area (TPSA) is 91.6 Å². The Hall–Kier alpha value is -1.32. The summed E-state index contributed by atoms with van der Waals surface area (Å²) >= 11 is 0. The number of nitrogens with one attached hydrogen (secondary N) is 1. The van der Waals surface area contributed by atoms with Gasteiger partial charge in [0, 0.05) is 6.92 Å². The number of carboxylic acid groups (broad SMARTS) is 1. The smallest absolute Gasteiger partial charge is 0.408 e. The molecular formula is C9H16N2O4. The second-order valence-electron chi connectivity index (χ2n) is 4.04. The molecule has 0 rings (SSSR count). The van der Waals surface area contributed by atoms with E-state index in [9.17, 15) is 4.79 Å². The normalized spacial score (nSPS) is 15.1. The first-order valence-electron chi connectivity index (χ1n) is 4.41. The van der Waals surface area contributed by atoms with Crippen LogP contribution in [0.15, 0.2) is 0 Å². The second-order valence-corrected chi connectivity index (χ2v) is 4.04. The summed E-state index contributed by atoms with van der Waals surface area (Å²) in [5.41, 5.74) is -0.591. The first-order chi connectivity index (χ1) is 6.68. The van der Waals surface area contributed by atoms with Crippen molar-refractivity contribution in [2.75, 3.05) is 6.61 Å². The van der Waals surface area contributed by atoms with Crippen molar-refractivity contribution < 1.29 is 19.4 Å². The van der Waals surface area contributed by atoms with Gasteiger partial charge >= 0.3 is 6.09 Å². The zero-order valence-electron chi connectivity index (χ0n) is 9.33. The number of amides is 1. The lowest BCUT2D eigenvalue weighted by molar-refractivity contribution is -0.274. The predicted octanol–water partition coefficient (Wildman–Crippen LogP) is 1.28. The van der Waals surface area contributed by atoms with E-state index in [0.29, 0.717) is 0 Å². The van der Waals surface area contributed by atoms with E-state index in [1.165, 1.54) is 6.92 Å². The SMILES string of the molecule is CC(C)(C)OC(C)(NC(=O)O)OCC#N. The van der Waals surface area contributed by atoms with E-state index < -0.39 is 17.6 Å². The van der Waals surface area contributed by atoms with Crippen molar-refractivity contribution in [3.63, 3.8) is 0 Å². The van der Waals surface area contributed by atoms with Gasteiger partial charge in [-0.25, -0.2) is 4.79 Å². The van der Waals surface area contributed by atoms with Crippen molar-refractivity contribution in [1.82, 2.24) is 5.32 Å². The van der Waals surface area contributed by atoms with Crippen LogP contribution in [0.25, 0.3) is 0 Å². The zero-order chi connectivity index (χ0) is 12.1. The average Bonchev–Trinajstić information content (AvgIpc) is 1.95. The highest BCUT2D eigenvalue weighted by Gasteiger charge is 2.33. The van der Waals surface area contributed by atoms with Gasteiger partial charge in [-0.3, -0.25) is 5.32 Å². The number of nitrogens with zero attached hydrogens (tertiary/aromatic N) is 1. The fraction of sp³-hybridized carbons (Fsp3) is 0.778. The summed E-state index contributed by atoms with van der Waals surface area (Å²) < 4.78 is 10.4. The third kappa shape index (κ3) is 6.71. The summed E-state index contributed by atoms with van der Waals surface area (Å²) in [5, 5.41) is 19.0. The minimum absolute atomic E-state index is 0.257. The quantitative estimate of drug-likeness (QED) is 0.691. The molecule has 6 heteroatoms.